The lowest BCUT2D eigenvalue weighted by molar-refractivity contribution is -0.139. The van der Waals surface area contributed by atoms with E-state index in [0.29, 0.717) is 11.6 Å². The zero-order valence-electron chi connectivity index (χ0n) is 17.3. The largest absolute Gasteiger partial charge is 0.346 e. The van der Waals surface area contributed by atoms with Crippen LogP contribution in [0.1, 0.15) is 30.0 Å². The molecule has 1 heterocycles. The smallest absolute Gasteiger partial charge is 0.309 e. The zero-order chi connectivity index (χ0) is 21.6. The molecular formula is C25H26ClN3O2. The van der Waals surface area contributed by atoms with E-state index in [9.17, 15) is 9.59 Å². The average Bonchev–Trinajstić information content (AvgIpc) is 3.33. The molecule has 1 fully saturated rings. The second-order valence-corrected chi connectivity index (χ2v) is 8.22. The number of rotatable bonds is 6. The molecule has 3 aromatic rings. The van der Waals surface area contributed by atoms with Crippen LogP contribution in [0.5, 0.6) is 0 Å². The van der Waals surface area contributed by atoms with Gasteiger partial charge in [-0.25, -0.2) is 0 Å². The lowest BCUT2D eigenvalue weighted by Gasteiger charge is -2.29. The Labute approximate surface area is 187 Å². The van der Waals surface area contributed by atoms with Gasteiger partial charge in [0.05, 0.1) is 6.04 Å². The highest BCUT2D eigenvalue weighted by atomic mass is 35.5. The number of carbonyl (C=O) groups excluding carboxylic acids is 2. The molecule has 0 radical (unpaired) electrons. The molecule has 31 heavy (non-hydrogen) atoms. The molecule has 1 atom stereocenters. The molecule has 0 aliphatic carbocycles. The molecule has 0 spiro atoms. The first kappa shape index (κ1) is 21.3. The Morgan fingerprint density at radius 3 is 2.35 bits per heavy atom. The standard InChI is InChI=1S/C25H26ClN3O2/c26-22-13-4-2-9-19(22)16-27-24(30)25(31)28-17-23(29-14-5-6-15-29)21-12-7-10-18-8-1-3-11-20(18)21/h1-4,7-13,23H,5-6,14-17H2,(H,27,30)(H,28,31)/t23-/m0/s1. The number of nitrogens with zero attached hydrogens (tertiary/aromatic N) is 1. The van der Waals surface area contributed by atoms with Crippen LogP contribution in [0.2, 0.25) is 5.02 Å². The van der Waals surface area contributed by atoms with Crippen molar-refractivity contribution in [1.29, 1.82) is 0 Å². The van der Waals surface area contributed by atoms with Crippen molar-refractivity contribution >= 4 is 34.2 Å². The molecule has 1 saturated heterocycles. The Morgan fingerprint density at radius 1 is 0.871 bits per heavy atom. The van der Waals surface area contributed by atoms with E-state index in [1.807, 2.05) is 30.3 Å². The maximum Gasteiger partial charge on any atom is 0.309 e. The fourth-order valence-electron chi connectivity index (χ4n) is 4.20. The second kappa shape index (κ2) is 9.94. The minimum atomic E-state index is -0.655. The Hall–Kier alpha value is -2.89. The van der Waals surface area contributed by atoms with Gasteiger partial charge in [-0.1, -0.05) is 72.3 Å². The number of likely N-dealkylation sites (tertiary alicyclic amines) is 1. The van der Waals surface area contributed by atoms with E-state index in [1.54, 1.807) is 6.07 Å². The summed E-state index contributed by atoms with van der Waals surface area (Å²) in [6, 6.07) is 21.8. The van der Waals surface area contributed by atoms with Crippen LogP contribution in [-0.2, 0) is 16.1 Å². The molecule has 0 unspecified atom stereocenters. The molecule has 1 aliphatic rings. The molecule has 0 bridgehead atoms. The van der Waals surface area contributed by atoms with Gasteiger partial charge in [-0.05, 0) is 53.9 Å². The fraction of sp³-hybridized carbons (Fsp3) is 0.280. The first-order valence-electron chi connectivity index (χ1n) is 10.6. The SMILES string of the molecule is O=C(NCc1ccccc1Cl)C(=O)NC[C@@H](c1cccc2ccccc12)N1CCCC1. The van der Waals surface area contributed by atoms with Gasteiger partial charge in [0, 0.05) is 18.1 Å². The van der Waals surface area contributed by atoms with E-state index in [1.165, 1.54) is 16.3 Å². The number of fused-ring (bicyclic) bond motifs is 1. The highest BCUT2D eigenvalue weighted by Gasteiger charge is 2.26. The van der Waals surface area contributed by atoms with Gasteiger partial charge in [-0.15, -0.1) is 0 Å². The summed E-state index contributed by atoms with van der Waals surface area (Å²) in [4.78, 5) is 27.2. The number of nitrogens with one attached hydrogen (secondary N) is 2. The van der Waals surface area contributed by atoms with E-state index in [-0.39, 0.29) is 12.6 Å². The average molecular weight is 436 g/mol. The van der Waals surface area contributed by atoms with Crippen LogP contribution >= 0.6 is 11.6 Å². The third kappa shape index (κ3) is 5.06. The van der Waals surface area contributed by atoms with Gasteiger partial charge in [-0.2, -0.15) is 0 Å². The molecule has 3 aromatic carbocycles. The monoisotopic (exact) mass is 435 g/mol. The number of halogens is 1. The summed E-state index contributed by atoms with van der Waals surface area (Å²) in [6.45, 7) is 2.57. The van der Waals surface area contributed by atoms with Crippen molar-refractivity contribution in [3.05, 3.63) is 82.9 Å². The maximum atomic E-state index is 12.5. The Kier molecular flexibility index (Phi) is 6.85. The quantitative estimate of drug-likeness (QED) is 0.574. The highest BCUT2D eigenvalue weighted by molar-refractivity contribution is 6.35. The molecular weight excluding hydrogens is 410 g/mol. The maximum absolute atomic E-state index is 12.5. The molecule has 0 saturated carbocycles. The molecule has 2 amide bonds. The van der Waals surface area contributed by atoms with E-state index < -0.39 is 11.8 Å². The van der Waals surface area contributed by atoms with E-state index in [4.69, 9.17) is 11.6 Å². The summed E-state index contributed by atoms with van der Waals surface area (Å²) in [5, 5.41) is 8.42. The molecule has 4 rings (SSSR count). The summed E-state index contributed by atoms with van der Waals surface area (Å²) < 4.78 is 0. The normalized spacial score (nSPS) is 15.0. The number of hydrogen-bond acceptors (Lipinski definition) is 3. The van der Waals surface area contributed by atoms with Crippen LogP contribution in [-0.4, -0.2) is 36.3 Å². The third-order valence-corrected chi connectivity index (χ3v) is 6.19. The second-order valence-electron chi connectivity index (χ2n) is 7.81. The lowest BCUT2D eigenvalue weighted by Crippen LogP contribution is -2.43. The minimum absolute atomic E-state index is 0.0221. The van der Waals surface area contributed by atoms with Gasteiger partial charge in [0.2, 0.25) is 0 Å². The first-order valence-corrected chi connectivity index (χ1v) is 11.0. The van der Waals surface area contributed by atoms with Crippen molar-refractivity contribution in [2.75, 3.05) is 19.6 Å². The predicted octanol–water partition coefficient (Wildman–Crippen LogP) is 4.06. The van der Waals surface area contributed by atoms with Crippen molar-refractivity contribution in [1.82, 2.24) is 15.5 Å². The van der Waals surface area contributed by atoms with Gasteiger partial charge in [-0.3, -0.25) is 14.5 Å². The van der Waals surface area contributed by atoms with Crippen molar-refractivity contribution in [3.8, 4) is 0 Å². The van der Waals surface area contributed by atoms with Crippen molar-refractivity contribution in [2.45, 2.75) is 25.4 Å². The topological polar surface area (TPSA) is 61.4 Å². The van der Waals surface area contributed by atoms with Gasteiger partial charge >= 0.3 is 11.8 Å². The summed E-state index contributed by atoms with van der Waals surface area (Å²) >= 11 is 6.12. The number of hydrogen-bond donors (Lipinski definition) is 2. The van der Waals surface area contributed by atoms with Crippen LogP contribution in [0.3, 0.4) is 0 Å². The summed E-state index contributed by atoms with van der Waals surface area (Å²) in [5.41, 5.74) is 1.95. The van der Waals surface area contributed by atoms with E-state index >= 15 is 0 Å². The highest BCUT2D eigenvalue weighted by Crippen LogP contribution is 2.30. The third-order valence-electron chi connectivity index (χ3n) is 5.82. The van der Waals surface area contributed by atoms with E-state index in [2.05, 4.69) is 45.9 Å². The predicted molar refractivity (Wildman–Crippen MR) is 124 cm³/mol. The molecule has 1 aliphatic heterocycles. The zero-order valence-corrected chi connectivity index (χ0v) is 18.1. The van der Waals surface area contributed by atoms with Crippen LogP contribution in [0, 0.1) is 0 Å². The molecule has 0 aromatic heterocycles. The van der Waals surface area contributed by atoms with Crippen LogP contribution in [0.15, 0.2) is 66.7 Å². The van der Waals surface area contributed by atoms with E-state index in [0.717, 1.165) is 31.5 Å². The lowest BCUT2D eigenvalue weighted by atomic mass is 9.97. The molecule has 5 nitrogen and oxygen atoms in total. The van der Waals surface area contributed by atoms with Gasteiger partial charge < -0.3 is 10.6 Å². The van der Waals surface area contributed by atoms with Crippen molar-refractivity contribution in [2.24, 2.45) is 0 Å². The fourth-order valence-corrected chi connectivity index (χ4v) is 4.40. The van der Waals surface area contributed by atoms with Gasteiger partial charge in [0.15, 0.2) is 0 Å². The number of amides is 2. The molecule has 6 heteroatoms. The van der Waals surface area contributed by atoms with Crippen molar-refractivity contribution < 1.29 is 9.59 Å². The molecule has 160 valence electrons. The van der Waals surface area contributed by atoms with Crippen LogP contribution < -0.4 is 10.6 Å². The summed E-state index contributed by atoms with van der Waals surface area (Å²) in [5.74, 6) is -1.28. The van der Waals surface area contributed by atoms with Crippen LogP contribution in [0.4, 0.5) is 0 Å². The Bertz CT molecular complexity index is 1070. The first-order chi connectivity index (χ1) is 15.1. The number of carbonyl (C=O) groups is 2. The van der Waals surface area contributed by atoms with Gasteiger partial charge in [0.1, 0.15) is 0 Å². The van der Waals surface area contributed by atoms with Gasteiger partial charge in [0.25, 0.3) is 0 Å². The summed E-state index contributed by atoms with van der Waals surface area (Å²) in [7, 11) is 0. The van der Waals surface area contributed by atoms with Crippen LogP contribution in [0.25, 0.3) is 10.8 Å². The van der Waals surface area contributed by atoms with Crippen molar-refractivity contribution in [3.63, 3.8) is 0 Å². The Balaban J connectivity index is 1.44. The number of benzene rings is 3. The molecule has 2 N–H and O–H groups in total. The minimum Gasteiger partial charge on any atom is -0.346 e. The summed E-state index contributed by atoms with van der Waals surface area (Å²) in [6.07, 6.45) is 2.29. The Morgan fingerprint density at radius 2 is 1.55 bits per heavy atom.